The molecule has 0 radical (unpaired) electrons. The van der Waals surface area contributed by atoms with Gasteiger partial charge in [0.1, 0.15) is 7.85 Å². The van der Waals surface area contributed by atoms with Gasteiger partial charge in [0.05, 0.1) is 11.0 Å². The minimum atomic E-state index is 1.24. The molecule has 3 aromatic heterocycles. The van der Waals surface area contributed by atoms with Crippen molar-refractivity contribution in [3.63, 3.8) is 0 Å². The van der Waals surface area contributed by atoms with E-state index >= 15 is 0 Å². The van der Waals surface area contributed by atoms with Gasteiger partial charge >= 0.3 is 0 Å². The van der Waals surface area contributed by atoms with E-state index in [1.807, 2.05) is 22.7 Å². The molecule has 34 heavy (non-hydrogen) atoms. The summed E-state index contributed by atoms with van der Waals surface area (Å²) in [5.41, 5.74) is 5.11. The molecule has 4 heteroatoms. The van der Waals surface area contributed by atoms with E-state index in [0.29, 0.717) is 0 Å². The summed E-state index contributed by atoms with van der Waals surface area (Å²) in [4.78, 5) is 0. The molecule has 0 aliphatic rings. The number of hydrogen-bond acceptors (Lipinski definition) is 2. The quantitative estimate of drug-likeness (QED) is 0.217. The monoisotopic (exact) mass is 467 g/mol. The largest absolute Gasteiger partial charge is 0.309 e. The van der Waals surface area contributed by atoms with Gasteiger partial charge in [-0.1, -0.05) is 66.1 Å². The fourth-order valence-corrected chi connectivity index (χ4v) is 8.03. The molecule has 0 unspecified atom stereocenters. The lowest BCUT2D eigenvalue weighted by atomic mass is 9.93. The van der Waals surface area contributed by atoms with E-state index in [9.17, 15) is 0 Å². The Kier molecular flexibility index (Phi) is 3.72. The van der Waals surface area contributed by atoms with Gasteiger partial charge in [-0.25, -0.2) is 0 Å². The molecule has 0 saturated carbocycles. The molecule has 0 fully saturated rings. The summed E-state index contributed by atoms with van der Waals surface area (Å²) in [6.07, 6.45) is 0. The van der Waals surface area contributed by atoms with Crippen molar-refractivity contribution < 1.29 is 0 Å². The van der Waals surface area contributed by atoms with Crippen LogP contribution in [0.25, 0.3) is 67.8 Å². The number of para-hydroxylation sites is 1. The van der Waals surface area contributed by atoms with Gasteiger partial charge in [-0.3, -0.25) is 0 Å². The zero-order valence-electron chi connectivity index (χ0n) is 18.5. The van der Waals surface area contributed by atoms with E-state index < -0.39 is 0 Å². The minimum Gasteiger partial charge on any atom is -0.309 e. The first-order valence-electron chi connectivity index (χ1n) is 11.5. The standard InChI is InChI=1S/C30H18BNS2/c31-23-16-17(15-22-19-8-3-6-12-27(19)33-29(22)23)32-24-10-4-1-9-21(24)28-25(32)14-13-20-18-7-2-5-11-26(18)34-30(20)28/h1-16H,31H2. The van der Waals surface area contributed by atoms with E-state index in [4.69, 9.17) is 0 Å². The highest BCUT2D eigenvalue weighted by molar-refractivity contribution is 7.27. The number of fused-ring (bicyclic) bond motifs is 10. The highest BCUT2D eigenvalue weighted by Gasteiger charge is 2.18. The van der Waals surface area contributed by atoms with Gasteiger partial charge < -0.3 is 4.57 Å². The number of aromatic nitrogens is 1. The topological polar surface area (TPSA) is 4.93 Å². The maximum Gasteiger partial charge on any atom is 0.141 e. The third-order valence-electron chi connectivity index (χ3n) is 7.09. The van der Waals surface area contributed by atoms with Gasteiger partial charge in [0.15, 0.2) is 0 Å². The second-order valence-electron chi connectivity index (χ2n) is 9.02. The Morgan fingerprint density at radius 1 is 0.529 bits per heavy atom. The lowest BCUT2D eigenvalue weighted by Gasteiger charge is -2.10. The summed E-state index contributed by atoms with van der Waals surface area (Å²) >= 11 is 3.81. The van der Waals surface area contributed by atoms with Gasteiger partial charge in [-0.2, -0.15) is 0 Å². The van der Waals surface area contributed by atoms with Crippen LogP contribution >= 0.6 is 22.7 Å². The number of benzene rings is 5. The Morgan fingerprint density at radius 3 is 1.97 bits per heavy atom. The van der Waals surface area contributed by atoms with Crippen molar-refractivity contribution in [2.45, 2.75) is 0 Å². The molecule has 0 bridgehead atoms. The molecule has 0 N–H and O–H groups in total. The second-order valence-corrected chi connectivity index (χ2v) is 11.1. The van der Waals surface area contributed by atoms with Crippen molar-refractivity contribution >= 4 is 98.1 Å². The molecule has 5 aromatic carbocycles. The van der Waals surface area contributed by atoms with E-state index in [-0.39, 0.29) is 0 Å². The molecule has 0 atom stereocenters. The van der Waals surface area contributed by atoms with Crippen LogP contribution in [-0.2, 0) is 0 Å². The first kappa shape index (κ1) is 18.8. The van der Waals surface area contributed by atoms with Crippen molar-refractivity contribution in [2.75, 3.05) is 0 Å². The zero-order valence-corrected chi connectivity index (χ0v) is 20.1. The molecule has 0 aliphatic heterocycles. The highest BCUT2D eigenvalue weighted by atomic mass is 32.1. The van der Waals surface area contributed by atoms with E-state index in [2.05, 4.69) is 109 Å². The van der Waals surface area contributed by atoms with Crippen LogP contribution in [0.2, 0.25) is 0 Å². The molecule has 0 aliphatic carbocycles. The molecule has 1 nitrogen and oxygen atoms in total. The first-order chi connectivity index (χ1) is 16.8. The van der Waals surface area contributed by atoms with E-state index in [1.165, 1.54) is 73.3 Å². The molecule has 0 saturated heterocycles. The lowest BCUT2D eigenvalue weighted by Crippen LogP contribution is -2.05. The van der Waals surface area contributed by atoms with Crippen molar-refractivity contribution in [2.24, 2.45) is 0 Å². The zero-order chi connectivity index (χ0) is 22.4. The maximum atomic E-state index is 2.47. The van der Waals surface area contributed by atoms with Crippen molar-refractivity contribution in [3.8, 4) is 5.69 Å². The summed E-state index contributed by atoms with van der Waals surface area (Å²) in [5, 5.41) is 8.09. The Labute approximate surface area is 204 Å². The number of thiophene rings is 2. The van der Waals surface area contributed by atoms with Crippen LogP contribution in [0.5, 0.6) is 0 Å². The van der Waals surface area contributed by atoms with Gasteiger partial charge in [0.2, 0.25) is 0 Å². The highest BCUT2D eigenvalue weighted by Crippen LogP contribution is 2.43. The second kappa shape index (κ2) is 6.72. The Bertz CT molecular complexity index is 2090. The average molecular weight is 467 g/mol. The van der Waals surface area contributed by atoms with Gasteiger partial charge in [-0.05, 0) is 36.4 Å². The minimum absolute atomic E-state index is 1.24. The van der Waals surface area contributed by atoms with Crippen molar-refractivity contribution in [3.05, 3.63) is 97.1 Å². The third-order valence-corrected chi connectivity index (χ3v) is 9.61. The summed E-state index contributed by atoms with van der Waals surface area (Å²) in [5.74, 6) is 0. The number of rotatable bonds is 1. The predicted molar refractivity (Wildman–Crippen MR) is 155 cm³/mol. The fraction of sp³-hybridized carbons (Fsp3) is 0. The maximum absolute atomic E-state index is 2.47. The normalized spacial score (nSPS) is 12.2. The van der Waals surface area contributed by atoms with Crippen molar-refractivity contribution in [1.82, 2.24) is 4.57 Å². The Hall–Kier alpha value is -3.60. The van der Waals surface area contributed by atoms with Crippen LogP contribution in [0.3, 0.4) is 0 Å². The van der Waals surface area contributed by atoms with Gasteiger partial charge in [0, 0.05) is 56.8 Å². The SMILES string of the molecule is Bc1cc(-n2c3ccccc3c3c4sc5ccccc5c4ccc32)cc2c1sc1ccccc12. The third kappa shape index (κ3) is 2.39. The van der Waals surface area contributed by atoms with E-state index in [1.54, 1.807) is 0 Å². The van der Waals surface area contributed by atoms with Crippen LogP contribution in [0, 0.1) is 0 Å². The number of nitrogens with zero attached hydrogens (tertiary/aromatic N) is 1. The lowest BCUT2D eigenvalue weighted by molar-refractivity contribution is 1.19. The molecular weight excluding hydrogens is 449 g/mol. The molecule has 3 heterocycles. The fourth-order valence-electron chi connectivity index (χ4n) is 5.62. The Morgan fingerprint density at radius 2 is 1.18 bits per heavy atom. The van der Waals surface area contributed by atoms with Gasteiger partial charge in [-0.15, -0.1) is 22.7 Å². The molecule has 158 valence electrons. The summed E-state index contributed by atoms with van der Waals surface area (Å²) in [6.45, 7) is 0. The summed E-state index contributed by atoms with van der Waals surface area (Å²) in [7, 11) is 2.25. The van der Waals surface area contributed by atoms with E-state index in [0.717, 1.165) is 0 Å². The molecule has 8 rings (SSSR count). The summed E-state index contributed by atoms with van der Waals surface area (Å²) < 4.78 is 7.94. The number of hydrogen-bond donors (Lipinski definition) is 0. The van der Waals surface area contributed by atoms with Crippen LogP contribution in [-0.4, -0.2) is 12.4 Å². The molecule has 0 spiro atoms. The smallest absolute Gasteiger partial charge is 0.141 e. The average Bonchev–Trinajstić information content (AvgIpc) is 3.53. The molecule has 0 amide bonds. The predicted octanol–water partition coefficient (Wildman–Crippen LogP) is 7.78. The van der Waals surface area contributed by atoms with Crippen molar-refractivity contribution in [1.29, 1.82) is 0 Å². The first-order valence-corrected chi connectivity index (χ1v) is 13.2. The van der Waals surface area contributed by atoms with Crippen LogP contribution < -0.4 is 5.46 Å². The van der Waals surface area contributed by atoms with Crippen LogP contribution in [0.4, 0.5) is 0 Å². The van der Waals surface area contributed by atoms with Crippen LogP contribution in [0.1, 0.15) is 0 Å². The summed E-state index contributed by atoms with van der Waals surface area (Å²) in [6, 6.07) is 35.8. The van der Waals surface area contributed by atoms with Crippen LogP contribution in [0.15, 0.2) is 97.1 Å². The molecular formula is C30H18BNS2. The molecule has 8 aromatic rings. The Balaban J connectivity index is 1.55. The van der Waals surface area contributed by atoms with Gasteiger partial charge in [0.25, 0.3) is 0 Å².